The first kappa shape index (κ1) is 23.8. The molecule has 0 aliphatic carbocycles. The number of carbonyl (C=O) groups excluding carboxylic acids is 1. The first-order chi connectivity index (χ1) is 16.3. The van der Waals surface area contributed by atoms with Crippen LogP contribution >= 0.6 is 0 Å². The number of ether oxygens (including phenoxy) is 1. The van der Waals surface area contributed by atoms with Gasteiger partial charge in [-0.2, -0.15) is 0 Å². The van der Waals surface area contributed by atoms with Gasteiger partial charge in [0, 0.05) is 24.6 Å². The predicted octanol–water partition coefficient (Wildman–Crippen LogP) is 5.32. The summed E-state index contributed by atoms with van der Waals surface area (Å²) in [5, 5.41) is 3.17. The van der Waals surface area contributed by atoms with E-state index in [0.29, 0.717) is 17.7 Å². The lowest BCUT2D eigenvalue weighted by Gasteiger charge is -2.41. The summed E-state index contributed by atoms with van der Waals surface area (Å²) >= 11 is 0. The quantitative estimate of drug-likeness (QED) is 0.498. The fourth-order valence-electron chi connectivity index (χ4n) is 4.38. The summed E-state index contributed by atoms with van der Waals surface area (Å²) < 4.78 is 33.3. The van der Waals surface area contributed by atoms with E-state index in [1.807, 2.05) is 24.3 Å². The van der Waals surface area contributed by atoms with Crippen LogP contribution < -0.4 is 14.4 Å². The molecule has 1 aliphatic heterocycles. The Morgan fingerprint density at radius 1 is 0.971 bits per heavy atom. The molecule has 0 spiro atoms. The molecular weight excluding hydrogens is 448 g/mol. The normalized spacial score (nSPS) is 16.7. The summed E-state index contributed by atoms with van der Waals surface area (Å²) in [6.07, 6.45) is 2.39. The molecule has 1 atom stereocenters. The highest BCUT2D eigenvalue weighted by Crippen LogP contribution is 2.42. The Labute approximate surface area is 201 Å². The van der Waals surface area contributed by atoms with Crippen LogP contribution in [0, 0.1) is 0 Å². The van der Waals surface area contributed by atoms with Crippen molar-refractivity contribution in [1.29, 1.82) is 0 Å². The van der Waals surface area contributed by atoms with Gasteiger partial charge in [0.2, 0.25) is 0 Å². The van der Waals surface area contributed by atoms with Gasteiger partial charge < -0.3 is 10.1 Å². The summed E-state index contributed by atoms with van der Waals surface area (Å²) in [6.45, 7) is 4.21. The van der Waals surface area contributed by atoms with E-state index in [9.17, 15) is 13.2 Å². The van der Waals surface area contributed by atoms with Crippen LogP contribution in [0.15, 0.2) is 83.8 Å². The van der Waals surface area contributed by atoms with Crippen LogP contribution in [0.1, 0.15) is 55.1 Å². The van der Waals surface area contributed by atoms with Crippen molar-refractivity contribution in [3.05, 3.63) is 90.0 Å². The minimum Gasteiger partial charge on any atom is -0.487 e. The van der Waals surface area contributed by atoms with Crippen molar-refractivity contribution in [2.24, 2.45) is 0 Å². The number of benzene rings is 3. The number of nitrogens with one attached hydrogen (secondary N) is 1. The van der Waals surface area contributed by atoms with Gasteiger partial charge in [0.25, 0.3) is 15.9 Å². The molecule has 0 saturated carbocycles. The van der Waals surface area contributed by atoms with Gasteiger partial charge in [0.05, 0.1) is 16.6 Å². The predicted molar refractivity (Wildman–Crippen MR) is 134 cm³/mol. The maximum Gasteiger partial charge on any atom is 0.264 e. The minimum absolute atomic E-state index is 0.168. The number of fused-ring (bicyclic) bond motifs is 1. The molecule has 0 saturated heterocycles. The van der Waals surface area contributed by atoms with Crippen LogP contribution in [0.3, 0.4) is 0 Å². The average Bonchev–Trinajstić information content (AvgIpc) is 2.88. The van der Waals surface area contributed by atoms with Crippen molar-refractivity contribution in [2.45, 2.75) is 49.6 Å². The van der Waals surface area contributed by atoms with Gasteiger partial charge in [-0.1, -0.05) is 50.2 Å². The lowest BCUT2D eigenvalue weighted by Crippen LogP contribution is -2.44. The van der Waals surface area contributed by atoms with Crippen molar-refractivity contribution in [3.8, 4) is 5.75 Å². The van der Waals surface area contributed by atoms with Crippen LogP contribution in [0.25, 0.3) is 0 Å². The highest BCUT2D eigenvalue weighted by Gasteiger charge is 2.39. The van der Waals surface area contributed by atoms with E-state index in [2.05, 4.69) is 19.2 Å². The Hall–Kier alpha value is -3.32. The molecule has 1 amide bonds. The van der Waals surface area contributed by atoms with Crippen LogP contribution in [0.2, 0.25) is 0 Å². The third kappa shape index (κ3) is 4.53. The van der Waals surface area contributed by atoms with Gasteiger partial charge in [0.1, 0.15) is 11.4 Å². The van der Waals surface area contributed by atoms with Gasteiger partial charge in [0.15, 0.2) is 0 Å². The first-order valence-corrected chi connectivity index (χ1v) is 13.0. The highest BCUT2D eigenvalue weighted by molar-refractivity contribution is 7.92. The smallest absolute Gasteiger partial charge is 0.264 e. The fourth-order valence-corrected chi connectivity index (χ4v) is 5.60. The molecule has 4 rings (SSSR count). The molecule has 0 aromatic heterocycles. The van der Waals surface area contributed by atoms with E-state index in [1.165, 1.54) is 11.4 Å². The third-order valence-electron chi connectivity index (χ3n) is 6.69. The molecule has 0 unspecified atom stereocenters. The zero-order valence-corrected chi connectivity index (χ0v) is 20.5. The number of para-hydroxylation sites is 1. The van der Waals surface area contributed by atoms with E-state index in [-0.39, 0.29) is 22.4 Å². The fraction of sp³-hybridized carbons (Fsp3) is 0.296. The Balaban J connectivity index is 1.53. The van der Waals surface area contributed by atoms with Gasteiger partial charge >= 0.3 is 0 Å². The molecule has 1 N–H and O–H groups in total. The summed E-state index contributed by atoms with van der Waals surface area (Å²) in [5.74, 6) is 0.605. The Morgan fingerprint density at radius 2 is 1.59 bits per heavy atom. The van der Waals surface area contributed by atoms with E-state index in [1.54, 1.807) is 54.6 Å². The summed E-state index contributed by atoms with van der Waals surface area (Å²) in [4.78, 5) is 13.3. The van der Waals surface area contributed by atoms with Gasteiger partial charge in [-0.25, -0.2) is 8.42 Å². The molecule has 34 heavy (non-hydrogen) atoms. The molecule has 0 bridgehead atoms. The van der Waals surface area contributed by atoms with E-state index >= 15 is 0 Å². The van der Waals surface area contributed by atoms with Crippen molar-refractivity contribution in [3.63, 3.8) is 0 Å². The number of sulfonamides is 1. The number of anilines is 1. The van der Waals surface area contributed by atoms with Crippen LogP contribution in [-0.2, 0) is 10.0 Å². The molecule has 3 aromatic rings. The highest BCUT2D eigenvalue weighted by atomic mass is 32.2. The summed E-state index contributed by atoms with van der Waals surface area (Å²) in [5.41, 5.74) is 1.60. The second-order valence-electron chi connectivity index (χ2n) is 8.59. The minimum atomic E-state index is -3.68. The average molecular weight is 479 g/mol. The topological polar surface area (TPSA) is 75.7 Å². The summed E-state index contributed by atoms with van der Waals surface area (Å²) in [7, 11) is -2.18. The maximum atomic E-state index is 13.1. The van der Waals surface area contributed by atoms with Crippen molar-refractivity contribution < 1.29 is 17.9 Å². The molecule has 0 radical (unpaired) electrons. The molecule has 1 aliphatic rings. The molecule has 3 aromatic carbocycles. The van der Waals surface area contributed by atoms with Crippen molar-refractivity contribution >= 4 is 21.6 Å². The molecular formula is C27H30N2O4S. The number of hydrogen-bond acceptors (Lipinski definition) is 4. The number of amides is 1. The Morgan fingerprint density at radius 3 is 2.24 bits per heavy atom. The number of rotatable bonds is 7. The SMILES string of the molecule is CCC1(CC)C[C@@H](NC(=O)c2ccc(N(C)S(=O)(=O)c3ccccc3)cc2)c2ccccc2O1. The first-order valence-electron chi connectivity index (χ1n) is 11.5. The lowest BCUT2D eigenvalue weighted by molar-refractivity contribution is 0.0227. The van der Waals surface area contributed by atoms with Crippen LogP contribution in [0.4, 0.5) is 5.69 Å². The van der Waals surface area contributed by atoms with Crippen LogP contribution in [0.5, 0.6) is 5.75 Å². The second kappa shape index (κ2) is 9.50. The molecule has 6 nitrogen and oxygen atoms in total. The second-order valence-corrected chi connectivity index (χ2v) is 10.6. The Kier molecular flexibility index (Phi) is 6.66. The van der Waals surface area contributed by atoms with Crippen LogP contribution in [-0.4, -0.2) is 27.0 Å². The number of carbonyl (C=O) groups is 1. The molecule has 1 heterocycles. The van der Waals surface area contributed by atoms with E-state index in [4.69, 9.17) is 4.74 Å². The zero-order chi connectivity index (χ0) is 24.3. The zero-order valence-electron chi connectivity index (χ0n) is 19.7. The van der Waals surface area contributed by atoms with Gasteiger partial charge in [-0.05, 0) is 55.3 Å². The molecule has 7 heteroatoms. The maximum absolute atomic E-state index is 13.1. The lowest BCUT2D eigenvalue weighted by atomic mass is 9.83. The molecule has 178 valence electrons. The summed E-state index contributed by atoms with van der Waals surface area (Å²) in [6, 6.07) is 22.5. The largest absolute Gasteiger partial charge is 0.487 e. The Bertz CT molecular complexity index is 1250. The number of nitrogens with zero attached hydrogens (tertiary/aromatic N) is 1. The van der Waals surface area contributed by atoms with Gasteiger partial charge in [-0.15, -0.1) is 0 Å². The monoisotopic (exact) mass is 478 g/mol. The number of hydrogen-bond donors (Lipinski definition) is 1. The van der Waals surface area contributed by atoms with Crippen molar-refractivity contribution in [2.75, 3.05) is 11.4 Å². The van der Waals surface area contributed by atoms with E-state index < -0.39 is 10.0 Å². The van der Waals surface area contributed by atoms with Crippen molar-refractivity contribution in [1.82, 2.24) is 5.32 Å². The standard InChI is InChI=1S/C27H30N2O4S/c1-4-27(5-2)19-24(23-13-9-10-14-25(23)33-27)28-26(30)20-15-17-21(18-16-20)29(3)34(31,32)22-11-7-6-8-12-22/h6-18,24H,4-5,19H2,1-3H3,(H,28,30)/t24-/m1/s1. The van der Waals surface area contributed by atoms with E-state index in [0.717, 1.165) is 24.2 Å². The third-order valence-corrected chi connectivity index (χ3v) is 8.49. The van der Waals surface area contributed by atoms with Gasteiger partial charge in [-0.3, -0.25) is 9.10 Å². The molecule has 0 fully saturated rings.